The number of fused-ring (bicyclic) bond motifs is 5. The molecule has 0 N–H and O–H groups in total. The van der Waals surface area contributed by atoms with Crippen molar-refractivity contribution < 1.29 is 19.1 Å². The minimum atomic E-state index is -0.265. The van der Waals surface area contributed by atoms with Gasteiger partial charge in [0.25, 0.3) is 11.8 Å². The van der Waals surface area contributed by atoms with Gasteiger partial charge in [-0.1, -0.05) is 41.4 Å². The number of rotatable bonds is 7. The number of amides is 2. The van der Waals surface area contributed by atoms with E-state index < -0.39 is 0 Å². The number of hydrazone groups is 1. The van der Waals surface area contributed by atoms with E-state index in [1.54, 1.807) is 30.3 Å². The first-order chi connectivity index (χ1) is 16.0. The fourth-order valence-corrected chi connectivity index (χ4v) is 5.37. The lowest BCUT2D eigenvalue weighted by Gasteiger charge is -2.14. The van der Waals surface area contributed by atoms with E-state index in [0.29, 0.717) is 33.7 Å². The number of ether oxygens (including phenoxy) is 2. The molecule has 0 radical (unpaired) electrons. The molecule has 2 aliphatic carbocycles. The summed E-state index contributed by atoms with van der Waals surface area (Å²) in [5, 5.41) is 6.36. The van der Waals surface area contributed by atoms with Crippen molar-refractivity contribution in [2.24, 2.45) is 28.8 Å². The van der Waals surface area contributed by atoms with Crippen LogP contribution in [0.15, 0.2) is 53.7 Å². The molecule has 33 heavy (non-hydrogen) atoms. The molecule has 2 aromatic rings. The highest BCUT2D eigenvalue weighted by Gasteiger charge is 2.59. The van der Waals surface area contributed by atoms with Gasteiger partial charge >= 0.3 is 0 Å². The van der Waals surface area contributed by atoms with E-state index in [2.05, 4.69) is 17.3 Å². The molecule has 1 saturated carbocycles. The predicted octanol–water partition coefficient (Wildman–Crippen LogP) is 5.11. The summed E-state index contributed by atoms with van der Waals surface area (Å²) in [5.74, 6) is 0.456. The van der Waals surface area contributed by atoms with Crippen molar-refractivity contribution in [3.8, 4) is 11.5 Å². The van der Waals surface area contributed by atoms with E-state index in [1.807, 2.05) is 13.0 Å². The number of carbonyl (C=O) groups excluding carboxylic acids is 2. The van der Waals surface area contributed by atoms with Crippen molar-refractivity contribution in [3.05, 3.63) is 69.7 Å². The van der Waals surface area contributed by atoms with Crippen LogP contribution in [0, 0.1) is 23.7 Å². The van der Waals surface area contributed by atoms with Crippen LogP contribution in [0.25, 0.3) is 0 Å². The van der Waals surface area contributed by atoms with Crippen molar-refractivity contribution >= 4 is 41.2 Å². The Morgan fingerprint density at radius 1 is 1.00 bits per heavy atom. The van der Waals surface area contributed by atoms with Crippen LogP contribution in [0.1, 0.15) is 24.5 Å². The van der Waals surface area contributed by atoms with Gasteiger partial charge in [-0.2, -0.15) is 10.1 Å². The van der Waals surface area contributed by atoms with E-state index >= 15 is 0 Å². The molecule has 2 bridgehead atoms. The molecule has 0 spiro atoms. The van der Waals surface area contributed by atoms with E-state index in [0.717, 1.165) is 17.0 Å². The molecule has 5 rings (SSSR count). The normalized spacial score (nSPS) is 25.4. The zero-order valence-electron chi connectivity index (χ0n) is 17.9. The van der Waals surface area contributed by atoms with Crippen LogP contribution in [0.3, 0.4) is 0 Å². The van der Waals surface area contributed by atoms with Crippen LogP contribution >= 0.6 is 23.2 Å². The fourth-order valence-electron chi connectivity index (χ4n) is 4.91. The third kappa shape index (κ3) is 4.02. The lowest BCUT2D eigenvalue weighted by Crippen LogP contribution is -2.28. The van der Waals surface area contributed by atoms with Crippen molar-refractivity contribution in [1.29, 1.82) is 0 Å². The number of carbonyl (C=O) groups is 2. The molecule has 170 valence electrons. The summed E-state index contributed by atoms with van der Waals surface area (Å²) < 4.78 is 11.7. The van der Waals surface area contributed by atoms with Crippen molar-refractivity contribution in [2.45, 2.75) is 20.0 Å². The van der Waals surface area contributed by atoms with Gasteiger partial charge in [0.05, 0.1) is 24.7 Å². The highest BCUT2D eigenvalue weighted by atomic mass is 35.5. The average Bonchev–Trinajstić information content (AvgIpc) is 3.47. The summed E-state index contributed by atoms with van der Waals surface area (Å²) >= 11 is 12.2. The van der Waals surface area contributed by atoms with Gasteiger partial charge in [-0.15, -0.1) is 0 Å². The standard InChI is InChI=1S/C25H22Cl2N2O4/c1-2-32-21-9-14(3-8-20(21)33-13-17-6-7-18(26)11-19(17)27)12-28-29-24(30)22-15-4-5-16(10-15)23(22)25(29)31/h3-9,11-12,15-16,22-23H,2,10,13H2,1H3/b28-12+. The maximum absolute atomic E-state index is 12.8. The van der Waals surface area contributed by atoms with Crippen molar-refractivity contribution in [1.82, 2.24) is 5.01 Å². The lowest BCUT2D eigenvalue weighted by molar-refractivity contribution is -0.140. The number of hydrogen-bond donors (Lipinski definition) is 0. The largest absolute Gasteiger partial charge is 0.490 e. The Morgan fingerprint density at radius 3 is 2.39 bits per heavy atom. The molecule has 2 fully saturated rings. The van der Waals surface area contributed by atoms with Gasteiger partial charge in [0.1, 0.15) is 6.61 Å². The van der Waals surface area contributed by atoms with Crippen LogP contribution in [0.5, 0.6) is 11.5 Å². The van der Waals surface area contributed by atoms with Crippen LogP contribution in [-0.2, 0) is 16.2 Å². The first-order valence-electron chi connectivity index (χ1n) is 10.9. The second-order valence-electron chi connectivity index (χ2n) is 8.40. The van der Waals surface area contributed by atoms with Gasteiger partial charge in [-0.3, -0.25) is 9.59 Å². The molecule has 8 heteroatoms. The van der Waals surface area contributed by atoms with E-state index in [4.69, 9.17) is 32.7 Å². The number of allylic oxidation sites excluding steroid dienone is 2. The second kappa shape index (κ2) is 8.84. The molecule has 2 amide bonds. The Balaban J connectivity index is 1.31. The van der Waals surface area contributed by atoms with Crippen LogP contribution in [0.2, 0.25) is 10.0 Å². The Labute approximate surface area is 201 Å². The molecule has 1 aliphatic heterocycles. The molecule has 4 unspecified atom stereocenters. The van der Waals surface area contributed by atoms with Gasteiger partial charge in [-0.25, -0.2) is 0 Å². The maximum atomic E-state index is 12.8. The minimum absolute atomic E-state index is 0.159. The Bertz CT molecular complexity index is 1150. The zero-order valence-corrected chi connectivity index (χ0v) is 19.4. The molecule has 2 aromatic carbocycles. The molecular weight excluding hydrogens is 463 g/mol. The molecule has 1 saturated heterocycles. The van der Waals surface area contributed by atoms with Crippen LogP contribution in [-0.4, -0.2) is 29.6 Å². The molecule has 3 aliphatic rings. The Morgan fingerprint density at radius 2 is 1.73 bits per heavy atom. The first-order valence-corrected chi connectivity index (χ1v) is 11.7. The Hall–Kier alpha value is -2.83. The number of benzene rings is 2. The summed E-state index contributed by atoms with van der Waals surface area (Å²) in [6.07, 6.45) is 6.53. The summed E-state index contributed by atoms with van der Waals surface area (Å²) in [5.41, 5.74) is 1.49. The first kappa shape index (κ1) is 22.0. The third-order valence-corrected chi connectivity index (χ3v) is 7.02. The van der Waals surface area contributed by atoms with Crippen molar-refractivity contribution in [3.63, 3.8) is 0 Å². The smallest absolute Gasteiger partial charge is 0.254 e. The molecular formula is C25H22Cl2N2O4. The summed E-state index contributed by atoms with van der Waals surface area (Å²) in [6, 6.07) is 10.6. The van der Waals surface area contributed by atoms with Gasteiger partial charge < -0.3 is 9.47 Å². The van der Waals surface area contributed by atoms with Gasteiger partial charge in [0.15, 0.2) is 11.5 Å². The van der Waals surface area contributed by atoms with Gasteiger partial charge in [0.2, 0.25) is 0 Å². The SMILES string of the molecule is CCOc1cc(/C=N/N2C(=O)C3C4C=CC(C4)C3C2=O)ccc1OCc1ccc(Cl)cc1Cl. The second-order valence-corrected chi connectivity index (χ2v) is 9.24. The molecule has 6 nitrogen and oxygen atoms in total. The summed E-state index contributed by atoms with van der Waals surface area (Å²) in [6.45, 7) is 2.57. The monoisotopic (exact) mass is 484 g/mol. The summed E-state index contributed by atoms with van der Waals surface area (Å²) in [4.78, 5) is 25.6. The number of halogens is 2. The van der Waals surface area contributed by atoms with Gasteiger partial charge in [0, 0.05) is 15.6 Å². The third-order valence-electron chi connectivity index (χ3n) is 6.44. The highest BCUT2D eigenvalue weighted by molar-refractivity contribution is 6.35. The quantitative estimate of drug-likeness (QED) is 0.311. The lowest BCUT2D eigenvalue weighted by atomic mass is 9.85. The van der Waals surface area contributed by atoms with Gasteiger partial charge in [-0.05, 0) is 61.1 Å². The van der Waals surface area contributed by atoms with E-state index in [-0.39, 0.29) is 42.1 Å². The minimum Gasteiger partial charge on any atom is -0.490 e. The number of hydrogen-bond acceptors (Lipinski definition) is 5. The number of nitrogens with zero attached hydrogens (tertiary/aromatic N) is 2. The highest BCUT2D eigenvalue weighted by Crippen LogP contribution is 2.52. The maximum Gasteiger partial charge on any atom is 0.254 e. The molecule has 0 aromatic heterocycles. The average molecular weight is 485 g/mol. The topological polar surface area (TPSA) is 68.2 Å². The van der Waals surface area contributed by atoms with E-state index in [1.165, 1.54) is 6.21 Å². The van der Waals surface area contributed by atoms with Crippen LogP contribution in [0.4, 0.5) is 0 Å². The zero-order chi connectivity index (χ0) is 23.1. The molecule has 4 atom stereocenters. The number of imide groups is 1. The summed E-state index contributed by atoms with van der Waals surface area (Å²) in [7, 11) is 0. The van der Waals surface area contributed by atoms with Crippen molar-refractivity contribution in [2.75, 3.05) is 6.61 Å². The predicted molar refractivity (Wildman–Crippen MR) is 126 cm³/mol. The van der Waals surface area contributed by atoms with E-state index in [9.17, 15) is 9.59 Å². The molecule has 1 heterocycles. The Kier molecular flexibility index (Phi) is 5.89. The fraction of sp³-hybridized carbons (Fsp3) is 0.320. The van der Waals surface area contributed by atoms with Crippen LogP contribution < -0.4 is 9.47 Å².